The molecule has 1 aliphatic rings. The maximum Gasteiger partial charge on any atom is 0.229 e. The number of aromatic nitrogens is 2. The van der Waals surface area contributed by atoms with Crippen molar-refractivity contribution in [1.82, 2.24) is 9.97 Å². The molecule has 23 heavy (non-hydrogen) atoms. The second kappa shape index (κ2) is 6.51. The first kappa shape index (κ1) is 15.1. The maximum absolute atomic E-state index is 5.89. The Labute approximate surface area is 134 Å². The molecule has 0 saturated carbocycles. The molecular weight excluding hydrogens is 294 g/mol. The number of hydrogen-bond donors (Lipinski definition) is 2. The number of nitrogens with one attached hydrogen (secondary N) is 1. The van der Waals surface area contributed by atoms with Crippen molar-refractivity contribution in [2.24, 2.45) is 10.7 Å². The van der Waals surface area contributed by atoms with E-state index in [4.69, 9.17) is 15.2 Å². The summed E-state index contributed by atoms with van der Waals surface area (Å²) in [5.74, 6) is 2.22. The third-order valence-corrected chi connectivity index (χ3v) is 3.26. The van der Waals surface area contributed by atoms with Crippen molar-refractivity contribution in [3.63, 3.8) is 0 Å². The molecule has 0 saturated heterocycles. The van der Waals surface area contributed by atoms with Crippen LogP contribution in [0.15, 0.2) is 29.3 Å². The Morgan fingerprint density at radius 3 is 2.57 bits per heavy atom. The fraction of sp³-hybridized carbons (Fsp3) is 0.312. The summed E-state index contributed by atoms with van der Waals surface area (Å²) in [6.45, 7) is 5.38. The number of aryl methyl sites for hydroxylation is 2. The Hall–Kier alpha value is -2.83. The zero-order chi connectivity index (χ0) is 16.2. The molecule has 120 valence electrons. The number of benzene rings is 1. The molecule has 3 rings (SSSR count). The summed E-state index contributed by atoms with van der Waals surface area (Å²) in [4.78, 5) is 12.8. The molecule has 1 aromatic heterocycles. The molecule has 2 heterocycles. The van der Waals surface area contributed by atoms with Gasteiger partial charge in [-0.25, -0.2) is 15.0 Å². The van der Waals surface area contributed by atoms with Crippen LogP contribution in [0.4, 0.5) is 5.95 Å². The normalized spacial score (nSPS) is 13.7. The molecule has 0 radical (unpaired) electrons. The molecule has 0 spiro atoms. The molecule has 0 aliphatic carbocycles. The van der Waals surface area contributed by atoms with Crippen LogP contribution in [0.5, 0.6) is 11.5 Å². The van der Waals surface area contributed by atoms with Gasteiger partial charge in [-0.1, -0.05) is 6.07 Å². The highest BCUT2D eigenvalue weighted by Gasteiger charge is 2.11. The maximum atomic E-state index is 5.89. The Bertz CT molecular complexity index is 725. The zero-order valence-corrected chi connectivity index (χ0v) is 13.2. The SMILES string of the molecule is Cc1cc(C)nc(NC(N)=NCc2ccc3c(c2)OCCO3)n1. The molecule has 0 fully saturated rings. The van der Waals surface area contributed by atoms with Crippen LogP contribution in [0.3, 0.4) is 0 Å². The quantitative estimate of drug-likeness (QED) is 0.662. The molecular formula is C16H19N5O2. The molecule has 0 unspecified atom stereocenters. The third kappa shape index (κ3) is 3.88. The summed E-state index contributed by atoms with van der Waals surface area (Å²) in [7, 11) is 0. The van der Waals surface area contributed by atoms with Crippen LogP contribution in [-0.4, -0.2) is 29.1 Å². The zero-order valence-electron chi connectivity index (χ0n) is 13.2. The van der Waals surface area contributed by atoms with Crippen LogP contribution in [0.25, 0.3) is 0 Å². The van der Waals surface area contributed by atoms with Gasteiger partial charge in [0.25, 0.3) is 0 Å². The molecule has 1 aromatic carbocycles. The fourth-order valence-corrected chi connectivity index (χ4v) is 2.30. The highest BCUT2D eigenvalue weighted by Crippen LogP contribution is 2.30. The van der Waals surface area contributed by atoms with Gasteiger partial charge < -0.3 is 15.2 Å². The average molecular weight is 313 g/mol. The van der Waals surface area contributed by atoms with Crippen molar-refractivity contribution >= 4 is 11.9 Å². The lowest BCUT2D eigenvalue weighted by Gasteiger charge is -2.18. The smallest absolute Gasteiger partial charge is 0.229 e. The van der Waals surface area contributed by atoms with Crippen molar-refractivity contribution in [2.75, 3.05) is 18.5 Å². The number of hydrogen-bond acceptors (Lipinski definition) is 5. The van der Waals surface area contributed by atoms with Gasteiger partial charge >= 0.3 is 0 Å². The molecule has 1 aliphatic heterocycles. The van der Waals surface area contributed by atoms with E-state index in [1.54, 1.807) is 0 Å². The van der Waals surface area contributed by atoms with E-state index in [0.717, 1.165) is 28.5 Å². The first-order valence-corrected chi connectivity index (χ1v) is 7.38. The van der Waals surface area contributed by atoms with Crippen LogP contribution >= 0.6 is 0 Å². The lowest BCUT2D eigenvalue weighted by atomic mass is 10.2. The van der Waals surface area contributed by atoms with Crippen LogP contribution in [0.1, 0.15) is 17.0 Å². The molecule has 7 heteroatoms. The van der Waals surface area contributed by atoms with Gasteiger partial charge in [0.1, 0.15) is 13.2 Å². The van der Waals surface area contributed by atoms with Gasteiger partial charge in [-0.05, 0) is 37.6 Å². The first-order valence-electron chi connectivity index (χ1n) is 7.38. The van der Waals surface area contributed by atoms with Crippen molar-refractivity contribution in [2.45, 2.75) is 20.4 Å². The molecule has 2 aromatic rings. The molecule has 0 amide bonds. The standard InChI is InChI=1S/C16H19N5O2/c1-10-7-11(2)20-16(19-10)21-15(17)18-9-12-3-4-13-14(8-12)23-6-5-22-13/h3-4,7-8H,5-6,9H2,1-2H3,(H3,17,18,19,20,21). The van der Waals surface area contributed by atoms with E-state index in [9.17, 15) is 0 Å². The second-order valence-corrected chi connectivity index (χ2v) is 5.28. The summed E-state index contributed by atoms with van der Waals surface area (Å²) in [6, 6.07) is 7.64. The number of nitrogens with two attached hydrogens (primary N) is 1. The summed E-state index contributed by atoms with van der Waals surface area (Å²) in [6.07, 6.45) is 0. The van der Waals surface area contributed by atoms with Crippen molar-refractivity contribution in [3.8, 4) is 11.5 Å². The van der Waals surface area contributed by atoms with E-state index in [0.29, 0.717) is 25.7 Å². The van der Waals surface area contributed by atoms with E-state index in [-0.39, 0.29) is 5.96 Å². The minimum Gasteiger partial charge on any atom is -0.486 e. The van der Waals surface area contributed by atoms with Gasteiger partial charge in [-0.15, -0.1) is 0 Å². The molecule has 0 atom stereocenters. The summed E-state index contributed by atoms with van der Waals surface area (Å²) in [5.41, 5.74) is 8.63. The molecule has 3 N–H and O–H groups in total. The van der Waals surface area contributed by atoms with Crippen molar-refractivity contribution in [3.05, 3.63) is 41.2 Å². The monoisotopic (exact) mass is 313 g/mol. The molecule has 7 nitrogen and oxygen atoms in total. The van der Waals surface area contributed by atoms with Gasteiger partial charge in [0, 0.05) is 11.4 Å². The second-order valence-electron chi connectivity index (χ2n) is 5.28. The number of nitrogens with zero attached hydrogens (tertiary/aromatic N) is 3. The van der Waals surface area contributed by atoms with Gasteiger partial charge in [-0.2, -0.15) is 0 Å². The number of fused-ring (bicyclic) bond motifs is 1. The summed E-state index contributed by atoms with van der Waals surface area (Å²) in [5, 5.41) is 2.91. The minimum atomic E-state index is 0.268. The Balaban J connectivity index is 1.67. The highest BCUT2D eigenvalue weighted by molar-refractivity contribution is 5.90. The van der Waals surface area contributed by atoms with Crippen LogP contribution < -0.4 is 20.5 Å². The number of aliphatic imine (C=N–C) groups is 1. The highest BCUT2D eigenvalue weighted by atomic mass is 16.6. The summed E-state index contributed by atoms with van der Waals surface area (Å²) < 4.78 is 11.0. The summed E-state index contributed by atoms with van der Waals surface area (Å²) >= 11 is 0. The Morgan fingerprint density at radius 2 is 1.83 bits per heavy atom. The van der Waals surface area contributed by atoms with Gasteiger partial charge in [0.2, 0.25) is 5.95 Å². The van der Waals surface area contributed by atoms with Crippen molar-refractivity contribution in [1.29, 1.82) is 0 Å². The van der Waals surface area contributed by atoms with E-state index in [1.807, 2.05) is 38.1 Å². The lowest BCUT2D eigenvalue weighted by Crippen LogP contribution is -2.24. The van der Waals surface area contributed by atoms with Crippen LogP contribution in [-0.2, 0) is 6.54 Å². The third-order valence-electron chi connectivity index (χ3n) is 3.26. The first-order chi connectivity index (χ1) is 11.1. The number of anilines is 1. The minimum absolute atomic E-state index is 0.268. The number of guanidine groups is 1. The fourth-order valence-electron chi connectivity index (χ4n) is 2.30. The van der Waals surface area contributed by atoms with Crippen LogP contribution in [0, 0.1) is 13.8 Å². The number of ether oxygens (including phenoxy) is 2. The van der Waals surface area contributed by atoms with E-state index >= 15 is 0 Å². The lowest BCUT2D eigenvalue weighted by molar-refractivity contribution is 0.171. The van der Waals surface area contributed by atoms with Gasteiger partial charge in [0.15, 0.2) is 17.5 Å². The van der Waals surface area contributed by atoms with Crippen LogP contribution in [0.2, 0.25) is 0 Å². The largest absolute Gasteiger partial charge is 0.486 e. The predicted octanol–water partition coefficient (Wildman–Crippen LogP) is 1.79. The Kier molecular flexibility index (Phi) is 4.27. The van der Waals surface area contributed by atoms with E-state index in [2.05, 4.69) is 20.3 Å². The van der Waals surface area contributed by atoms with Gasteiger partial charge in [0.05, 0.1) is 6.54 Å². The van der Waals surface area contributed by atoms with E-state index < -0.39 is 0 Å². The topological polar surface area (TPSA) is 94.7 Å². The van der Waals surface area contributed by atoms with E-state index in [1.165, 1.54) is 0 Å². The molecule has 0 bridgehead atoms. The van der Waals surface area contributed by atoms with Crippen molar-refractivity contribution < 1.29 is 9.47 Å². The predicted molar refractivity (Wildman–Crippen MR) is 87.9 cm³/mol. The number of rotatable bonds is 3. The average Bonchev–Trinajstić information content (AvgIpc) is 2.52. The van der Waals surface area contributed by atoms with Gasteiger partial charge in [-0.3, -0.25) is 5.32 Å². The Morgan fingerprint density at radius 1 is 1.13 bits per heavy atom.